The number of nitrogens with zero attached hydrogens (tertiary/aromatic N) is 2. The zero-order valence-electron chi connectivity index (χ0n) is 9.47. The summed E-state index contributed by atoms with van der Waals surface area (Å²) in [6.45, 7) is 4.09. The van der Waals surface area contributed by atoms with Gasteiger partial charge >= 0.3 is 0 Å². The molecule has 0 fully saturated rings. The molecular formula is C13H14N2O. The Labute approximate surface area is 94.7 Å². The van der Waals surface area contributed by atoms with Gasteiger partial charge in [-0.25, -0.2) is 4.68 Å². The van der Waals surface area contributed by atoms with Gasteiger partial charge in [-0.2, -0.15) is 5.10 Å². The van der Waals surface area contributed by atoms with E-state index in [1.807, 2.05) is 41.9 Å². The summed E-state index contributed by atoms with van der Waals surface area (Å²) in [5.74, 6) is 0. The lowest BCUT2D eigenvalue weighted by molar-refractivity contribution is 0.111. The fourth-order valence-electron chi connectivity index (χ4n) is 1.76. The van der Waals surface area contributed by atoms with Crippen LogP contribution in [0.25, 0.3) is 5.69 Å². The summed E-state index contributed by atoms with van der Waals surface area (Å²) in [5.41, 5.74) is 3.72. The van der Waals surface area contributed by atoms with E-state index in [0.717, 1.165) is 29.7 Å². The number of aromatic nitrogens is 2. The molecule has 3 nitrogen and oxygen atoms in total. The predicted molar refractivity (Wildman–Crippen MR) is 63.1 cm³/mol. The van der Waals surface area contributed by atoms with Crippen LogP contribution in [0.4, 0.5) is 0 Å². The standard InChI is InChI=1S/C13H14N2O/c1-3-12-8-11(9-16)14-15(12)13-7-5-4-6-10(13)2/h4-9H,3H2,1-2H3. The number of aldehydes is 1. The van der Waals surface area contributed by atoms with E-state index >= 15 is 0 Å². The first kappa shape index (κ1) is 10.6. The molecule has 0 spiro atoms. The van der Waals surface area contributed by atoms with Crippen LogP contribution in [0.5, 0.6) is 0 Å². The van der Waals surface area contributed by atoms with Gasteiger partial charge in [-0.05, 0) is 31.0 Å². The van der Waals surface area contributed by atoms with Crippen molar-refractivity contribution >= 4 is 6.29 Å². The van der Waals surface area contributed by atoms with E-state index in [1.165, 1.54) is 0 Å². The minimum Gasteiger partial charge on any atom is -0.296 e. The van der Waals surface area contributed by atoms with Crippen LogP contribution in [0.15, 0.2) is 30.3 Å². The maximum absolute atomic E-state index is 10.7. The predicted octanol–water partition coefficient (Wildman–Crippen LogP) is 2.56. The van der Waals surface area contributed by atoms with Gasteiger partial charge in [0.05, 0.1) is 5.69 Å². The van der Waals surface area contributed by atoms with Crippen molar-refractivity contribution < 1.29 is 4.79 Å². The molecule has 0 aliphatic heterocycles. The van der Waals surface area contributed by atoms with Crippen LogP contribution in [-0.2, 0) is 6.42 Å². The molecule has 82 valence electrons. The maximum atomic E-state index is 10.7. The van der Waals surface area contributed by atoms with Gasteiger partial charge in [0.25, 0.3) is 0 Å². The van der Waals surface area contributed by atoms with Gasteiger partial charge in [0.15, 0.2) is 6.29 Å². The molecule has 0 N–H and O–H groups in total. The van der Waals surface area contributed by atoms with E-state index in [2.05, 4.69) is 12.0 Å². The van der Waals surface area contributed by atoms with E-state index in [9.17, 15) is 4.79 Å². The SMILES string of the molecule is CCc1cc(C=O)nn1-c1ccccc1C. The van der Waals surface area contributed by atoms with Crippen molar-refractivity contribution in [3.8, 4) is 5.69 Å². The Hall–Kier alpha value is -1.90. The van der Waals surface area contributed by atoms with E-state index < -0.39 is 0 Å². The minimum absolute atomic E-state index is 0.486. The van der Waals surface area contributed by atoms with Crippen molar-refractivity contribution in [2.75, 3.05) is 0 Å². The first-order valence-corrected chi connectivity index (χ1v) is 5.36. The summed E-state index contributed by atoms with van der Waals surface area (Å²) >= 11 is 0. The first-order chi connectivity index (χ1) is 7.76. The third-order valence-corrected chi connectivity index (χ3v) is 2.63. The van der Waals surface area contributed by atoms with Crippen molar-refractivity contribution in [3.63, 3.8) is 0 Å². The molecule has 0 radical (unpaired) electrons. The minimum atomic E-state index is 0.486. The maximum Gasteiger partial charge on any atom is 0.170 e. The van der Waals surface area contributed by atoms with Crippen molar-refractivity contribution in [2.45, 2.75) is 20.3 Å². The summed E-state index contributed by atoms with van der Waals surface area (Å²) in [6, 6.07) is 9.85. The Morgan fingerprint density at radius 2 is 2.12 bits per heavy atom. The number of rotatable bonds is 3. The molecule has 0 saturated carbocycles. The van der Waals surface area contributed by atoms with E-state index in [-0.39, 0.29) is 0 Å². The monoisotopic (exact) mass is 214 g/mol. The molecule has 2 rings (SSSR count). The lowest BCUT2D eigenvalue weighted by atomic mass is 10.2. The largest absolute Gasteiger partial charge is 0.296 e. The molecule has 0 aliphatic carbocycles. The van der Waals surface area contributed by atoms with Crippen LogP contribution in [0.1, 0.15) is 28.7 Å². The first-order valence-electron chi connectivity index (χ1n) is 5.36. The topological polar surface area (TPSA) is 34.9 Å². The second-order valence-electron chi connectivity index (χ2n) is 3.73. The van der Waals surface area contributed by atoms with Crippen LogP contribution < -0.4 is 0 Å². The molecule has 2 aromatic rings. The number of aryl methyl sites for hydroxylation is 2. The second kappa shape index (κ2) is 4.31. The van der Waals surface area contributed by atoms with E-state index in [4.69, 9.17) is 0 Å². The lowest BCUT2D eigenvalue weighted by Gasteiger charge is -2.08. The Bertz CT molecular complexity index is 514. The van der Waals surface area contributed by atoms with Gasteiger partial charge in [-0.1, -0.05) is 25.1 Å². The molecule has 0 amide bonds. The molecule has 0 aliphatic rings. The summed E-state index contributed by atoms with van der Waals surface area (Å²) < 4.78 is 1.85. The molecule has 3 heteroatoms. The quantitative estimate of drug-likeness (QED) is 0.736. The van der Waals surface area contributed by atoms with Crippen molar-refractivity contribution in [1.82, 2.24) is 9.78 Å². The van der Waals surface area contributed by atoms with Gasteiger partial charge in [0, 0.05) is 5.69 Å². The number of carbonyl (C=O) groups is 1. The van der Waals surface area contributed by atoms with Crippen LogP contribution in [-0.4, -0.2) is 16.1 Å². The number of para-hydroxylation sites is 1. The molecule has 0 unspecified atom stereocenters. The molecule has 0 atom stereocenters. The van der Waals surface area contributed by atoms with Gasteiger partial charge in [0.1, 0.15) is 5.69 Å². The average molecular weight is 214 g/mol. The van der Waals surface area contributed by atoms with Crippen molar-refractivity contribution in [3.05, 3.63) is 47.3 Å². The summed E-state index contributed by atoms with van der Waals surface area (Å²) in [5, 5.41) is 4.28. The molecule has 1 aromatic carbocycles. The number of benzene rings is 1. The van der Waals surface area contributed by atoms with Gasteiger partial charge in [0.2, 0.25) is 0 Å². The van der Waals surface area contributed by atoms with Gasteiger partial charge in [-0.15, -0.1) is 0 Å². The highest BCUT2D eigenvalue weighted by molar-refractivity contribution is 5.72. The van der Waals surface area contributed by atoms with Crippen molar-refractivity contribution in [1.29, 1.82) is 0 Å². The number of carbonyl (C=O) groups excluding carboxylic acids is 1. The Balaban J connectivity index is 2.59. The summed E-state index contributed by atoms with van der Waals surface area (Å²) in [6.07, 6.45) is 1.64. The fourth-order valence-corrected chi connectivity index (χ4v) is 1.76. The zero-order chi connectivity index (χ0) is 11.5. The average Bonchev–Trinajstić information content (AvgIpc) is 2.72. The van der Waals surface area contributed by atoms with Crippen LogP contribution in [0.2, 0.25) is 0 Å². The number of hydrogen-bond donors (Lipinski definition) is 0. The van der Waals surface area contributed by atoms with Crippen LogP contribution in [0.3, 0.4) is 0 Å². The molecule has 0 saturated heterocycles. The second-order valence-corrected chi connectivity index (χ2v) is 3.73. The summed E-state index contributed by atoms with van der Waals surface area (Å²) in [7, 11) is 0. The third-order valence-electron chi connectivity index (χ3n) is 2.63. The fraction of sp³-hybridized carbons (Fsp3) is 0.231. The van der Waals surface area contributed by atoms with Gasteiger partial charge in [-0.3, -0.25) is 4.79 Å². The molecule has 1 aromatic heterocycles. The Kier molecular flexibility index (Phi) is 2.86. The van der Waals surface area contributed by atoms with E-state index in [0.29, 0.717) is 5.69 Å². The molecular weight excluding hydrogens is 200 g/mol. The van der Waals surface area contributed by atoms with Crippen LogP contribution >= 0.6 is 0 Å². The third kappa shape index (κ3) is 1.76. The Morgan fingerprint density at radius 3 is 2.75 bits per heavy atom. The van der Waals surface area contributed by atoms with Gasteiger partial charge < -0.3 is 0 Å². The molecule has 16 heavy (non-hydrogen) atoms. The highest BCUT2D eigenvalue weighted by atomic mass is 16.1. The Morgan fingerprint density at radius 1 is 1.38 bits per heavy atom. The highest BCUT2D eigenvalue weighted by Crippen LogP contribution is 2.16. The highest BCUT2D eigenvalue weighted by Gasteiger charge is 2.08. The van der Waals surface area contributed by atoms with Crippen LogP contribution in [0, 0.1) is 6.92 Å². The van der Waals surface area contributed by atoms with E-state index in [1.54, 1.807) is 0 Å². The normalized spacial score (nSPS) is 10.4. The summed E-state index contributed by atoms with van der Waals surface area (Å²) in [4.78, 5) is 10.7. The smallest absolute Gasteiger partial charge is 0.170 e. The number of hydrogen-bond acceptors (Lipinski definition) is 2. The lowest BCUT2D eigenvalue weighted by Crippen LogP contribution is -2.03. The molecule has 1 heterocycles. The van der Waals surface area contributed by atoms with Crippen molar-refractivity contribution in [2.24, 2.45) is 0 Å². The zero-order valence-corrected chi connectivity index (χ0v) is 9.47. The molecule has 0 bridgehead atoms.